The summed E-state index contributed by atoms with van der Waals surface area (Å²) in [6.45, 7) is 8.61. The van der Waals surface area contributed by atoms with E-state index in [1.165, 1.54) is 0 Å². The first kappa shape index (κ1) is 15.8. The second kappa shape index (κ2) is 6.94. The Morgan fingerprint density at radius 1 is 1.19 bits per heavy atom. The van der Waals surface area contributed by atoms with Gasteiger partial charge in [0.1, 0.15) is 5.75 Å². The van der Waals surface area contributed by atoms with Crippen LogP contribution in [0.3, 0.4) is 0 Å². The standard InChI is InChI=1S/C17H26N2O2/c1-5-21-16-8-6-15(7-9-16)10-17(20)19-11-13(2)18(4)14(3)12-19/h6-9,13-14H,5,10-12H2,1-4H3. The first-order valence-corrected chi connectivity index (χ1v) is 7.72. The van der Waals surface area contributed by atoms with Crippen LogP contribution < -0.4 is 4.74 Å². The van der Waals surface area contributed by atoms with Crippen molar-refractivity contribution in [2.45, 2.75) is 39.3 Å². The fourth-order valence-electron chi connectivity index (χ4n) is 2.76. The summed E-state index contributed by atoms with van der Waals surface area (Å²) in [6, 6.07) is 8.65. The Morgan fingerprint density at radius 2 is 1.76 bits per heavy atom. The molecule has 2 atom stereocenters. The van der Waals surface area contributed by atoms with Gasteiger partial charge in [0.05, 0.1) is 13.0 Å². The molecule has 0 N–H and O–H groups in total. The van der Waals surface area contributed by atoms with Gasteiger partial charge in [-0.25, -0.2) is 0 Å². The Hall–Kier alpha value is -1.55. The summed E-state index contributed by atoms with van der Waals surface area (Å²) in [6.07, 6.45) is 0.468. The first-order chi connectivity index (χ1) is 10.0. The third kappa shape index (κ3) is 3.97. The summed E-state index contributed by atoms with van der Waals surface area (Å²) in [5.74, 6) is 1.07. The maximum absolute atomic E-state index is 12.5. The van der Waals surface area contributed by atoms with E-state index in [9.17, 15) is 4.79 Å². The number of amides is 1. The molecule has 1 fully saturated rings. The molecule has 2 unspecified atom stereocenters. The summed E-state index contributed by atoms with van der Waals surface area (Å²) in [5.41, 5.74) is 1.04. The number of piperazine rings is 1. The number of hydrogen-bond acceptors (Lipinski definition) is 3. The fourth-order valence-corrected chi connectivity index (χ4v) is 2.76. The van der Waals surface area contributed by atoms with E-state index in [0.717, 1.165) is 24.4 Å². The van der Waals surface area contributed by atoms with Crippen molar-refractivity contribution < 1.29 is 9.53 Å². The zero-order valence-electron chi connectivity index (χ0n) is 13.5. The number of ether oxygens (including phenoxy) is 1. The van der Waals surface area contributed by atoms with Gasteiger partial charge in [-0.2, -0.15) is 0 Å². The SMILES string of the molecule is CCOc1ccc(CC(=O)N2CC(C)N(C)C(C)C2)cc1. The Kier molecular flexibility index (Phi) is 5.23. The van der Waals surface area contributed by atoms with E-state index in [1.54, 1.807) is 0 Å². The molecule has 0 radical (unpaired) electrons. The lowest BCUT2D eigenvalue weighted by Crippen LogP contribution is -2.56. The molecule has 1 aromatic rings. The lowest BCUT2D eigenvalue weighted by atomic mass is 10.1. The molecule has 2 rings (SSSR count). The molecule has 4 nitrogen and oxygen atoms in total. The van der Waals surface area contributed by atoms with Crippen LogP contribution in [0.2, 0.25) is 0 Å². The Balaban J connectivity index is 1.94. The van der Waals surface area contributed by atoms with Gasteiger partial charge in [0.2, 0.25) is 5.91 Å². The lowest BCUT2D eigenvalue weighted by Gasteiger charge is -2.42. The van der Waals surface area contributed by atoms with Gasteiger partial charge in [0.15, 0.2) is 0 Å². The number of hydrogen-bond donors (Lipinski definition) is 0. The second-order valence-corrected chi connectivity index (χ2v) is 5.92. The maximum atomic E-state index is 12.5. The van der Waals surface area contributed by atoms with Crippen LogP contribution in [-0.4, -0.2) is 54.5 Å². The summed E-state index contributed by atoms with van der Waals surface area (Å²) in [5, 5.41) is 0. The first-order valence-electron chi connectivity index (χ1n) is 7.72. The summed E-state index contributed by atoms with van der Waals surface area (Å²) < 4.78 is 5.42. The molecule has 21 heavy (non-hydrogen) atoms. The molecule has 0 aliphatic carbocycles. The highest BCUT2D eigenvalue weighted by atomic mass is 16.5. The van der Waals surface area contributed by atoms with Gasteiger partial charge < -0.3 is 9.64 Å². The fraction of sp³-hybridized carbons (Fsp3) is 0.588. The van der Waals surface area contributed by atoms with Crippen molar-refractivity contribution in [1.82, 2.24) is 9.80 Å². The third-order valence-electron chi connectivity index (χ3n) is 4.30. The molecule has 116 valence electrons. The van der Waals surface area contributed by atoms with Crippen molar-refractivity contribution in [2.24, 2.45) is 0 Å². The lowest BCUT2D eigenvalue weighted by molar-refractivity contribution is -0.134. The average molecular weight is 290 g/mol. The van der Waals surface area contributed by atoms with Crippen LogP contribution >= 0.6 is 0 Å². The summed E-state index contributed by atoms with van der Waals surface area (Å²) >= 11 is 0. The molecular weight excluding hydrogens is 264 g/mol. The van der Waals surface area contributed by atoms with Crippen molar-refractivity contribution in [2.75, 3.05) is 26.7 Å². The molecule has 1 aliphatic heterocycles. The Labute approximate surface area is 127 Å². The van der Waals surface area contributed by atoms with Crippen LogP contribution in [0.15, 0.2) is 24.3 Å². The molecule has 1 amide bonds. The number of carbonyl (C=O) groups excluding carboxylic acids is 1. The van der Waals surface area contributed by atoms with E-state index in [2.05, 4.69) is 25.8 Å². The van der Waals surface area contributed by atoms with Gasteiger partial charge in [0, 0.05) is 25.2 Å². The number of rotatable bonds is 4. The van der Waals surface area contributed by atoms with E-state index in [0.29, 0.717) is 25.1 Å². The van der Waals surface area contributed by atoms with Crippen LogP contribution in [0.1, 0.15) is 26.3 Å². The highest BCUT2D eigenvalue weighted by Crippen LogP contribution is 2.16. The molecule has 0 bridgehead atoms. The summed E-state index contributed by atoms with van der Waals surface area (Å²) in [4.78, 5) is 16.8. The molecule has 0 spiro atoms. The van der Waals surface area contributed by atoms with E-state index in [4.69, 9.17) is 4.74 Å². The predicted molar refractivity (Wildman–Crippen MR) is 84.6 cm³/mol. The number of benzene rings is 1. The Bertz CT molecular complexity index is 460. The smallest absolute Gasteiger partial charge is 0.227 e. The average Bonchev–Trinajstić information content (AvgIpc) is 2.46. The van der Waals surface area contributed by atoms with Gasteiger partial charge in [-0.05, 0) is 45.5 Å². The molecule has 1 aliphatic rings. The highest BCUT2D eigenvalue weighted by Gasteiger charge is 2.29. The maximum Gasteiger partial charge on any atom is 0.227 e. The van der Waals surface area contributed by atoms with Crippen molar-refractivity contribution in [3.8, 4) is 5.75 Å². The number of carbonyl (C=O) groups is 1. The monoisotopic (exact) mass is 290 g/mol. The highest BCUT2D eigenvalue weighted by molar-refractivity contribution is 5.79. The molecule has 4 heteroatoms. The molecule has 1 aromatic carbocycles. The van der Waals surface area contributed by atoms with Crippen molar-refractivity contribution in [3.63, 3.8) is 0 Å². The molecule has 0 saturated carbocycles. The third-order valence-corrected chi connectivity index (χ3v) is 4.30. The predicted octanol–water partition coefficient (Wildman–Crippen LogP) is 2.18. The minimum atomic E-state index is 0.214. The van der Waals surface area contributed by atoms with E-state index in [-0.39, 0.29) is 5.91 Å². The van der Waals surface area contributed by atoms with Crippen LogP contribution in [0.25, 0.3) is 0 Å². The largest absolute Gasteiger partial charge is 0.494 e. The molecule has 1 heterocycles. The zero-order chi connectivity index (χ0) is 15.4. The quantitative estimate of drug-likeness (QED) is 0.852. The number of nitrogens with zero attached hydrogens (tertiary/aromatic N) is 2. The van der Waals surface area contributed by atoms with Crippen molar-refractivity contribution in [1.29, 1.82) is 0 Å². The molecular formula is C17H26N2O2. The Morgan fingerprint density at radius 3 is 2.29 bits per heavy atom. The van der Waals surface area contributed by atoms with Gasteiger partial charge in [0.25, 0.3) is 0 Å². The topological polar surface area (TPSA) is 32.8 Å². The van der Waals surface area contributed by atoms with Crippen LogP contribution in [0.5, 0.6) is 5.75 Å². The van der Waals surface area contributed by atoms with Gasteiger partial charge in [-0.1, -0.05) is 12.1 Å². The van der Waals surface area contributed by atoms with Crippen molar-refractivity contribution in [3.05, 3.63) is 29.8 Å². The minimum absolute atomic E-state index is 0.214. The molecule has 1 saturated heterocycles. The van der Waals surface area contributed by atoms with Crippen LogP contribution in [-0.2, 0) is 11.2 Å². The summed E-state index contributed by atoms with van der Waals surface area (Å²) in [7, 11) is 2.13. The molecule has 0 aromatic heterocycles. The number of likely N-dealkylation sites (N-methyl/N-ethyl adjacent to an activating group) is 1. The van der Waals surface area contributed by atoms with Crippen LogP contribution in [0, 0.1) is 0 Å². The zero-order valence-corrected chi connectivity index (χ0v) is 13.5. The van der Waals surface area contributed by atoms with E-state index >= 15 is 0 Å². The van der Waals surface area contributed by atoms with Crippen LogP contribution in [0.4, 0.5) is 0 Å². The van der Waals surface area contributed by atoms with E-state index in [1.807, 2.05) is 36.1 Å². The van der Waals surface area contributed by atoms with Gasteiger partial charge >= 0.3 is 0 Å². The second-order valence-electron chi connectivity index (χ2n) is 5.92. The normalized spacial score (nSPS) is 23.1. The van der Waals surface area contributed by atoms with Crippen molar-refractivity contribution >= 4 is 5.91 Å². The minimum Gasteiger partial charge on any atom is -0.494 e. The van der Waals surface area contributed by atoms with Gasteiger partial charge in [-0.3, -0.25) is 9.69 Å². The van der Waals surface area contributed by atoms with Gasteiger partial charge in [-0.15, -0.1) is 0 Å². The van der Waals surface area contributed by atoms with E-state index < -0.39 is 0 Å².